The number of amides is 3. The molecule has 0 spiro atoms. The summed E-state index contributed by atoms with van der Waals surface area (Å²) in [6.45, 7) is 16.8. The lowest BCUT2D eigenvalue weighted by atomic mass is 10.0. The van der Waals surface area contributed by atoms with E-state index in [0.29, 0.717) is 38.9 Å². The lowest BCUT2D eigenvalue weighted by molar-refractivity contribution is -0.123. The molecular formula is C51H103N5O3. The monoisotopic (exact) mass is 834 g/mol. The van der Waals surface area contributed by atoms with Gasteiger partial charge in [0.15, 0.2) is 0 Å². The average Bonchev–Trinajstić information content (AvgIpc) is 3.20. The summed E-state index contributed by atoms with van der Waals surface area (Å²) in [7, 11) is 0. The summed E-state index contributed by atoms with van der Waals surface area (Å²) in [5.41, 5.74) is 0. The van der Waals surface area contributed by atoms with Gasteiger partial charge in [-0.2, -0.15) is 0 Å². The molecule has 8 heteroatoms. The highest BCUT2D eigenvalue weighted by molar-refractivity contribution is 5.77. The lowest BCUT2D eigenvalue weighted by Gasteiger charge is -2.23. The Balaban J connectivity index is 4.53. The second-order valence-corrected chi connectivity index (χ2v) is 18.5. The zero-order chi connectivity index (χ0) is 43.4. The number of carbonyl (C=O) groups excluding carboxylic acids is 3. The first-order chi connectivity index (χ1) is 28.7. The Labute approximate surface area is 367 Å². The van der Waals surface area contributed by atoms with Crippen LogP contribution in [0.2, 0.25) is 0 Å². The molecule has 0 aromatic heterocycles. The van der Waals surface area contributed by atoms with Crippen molar-refractivity contribution in [2.45, 2.75) is 278 Å². The Bertz CT molecular complexity index is 887. The molecule has 0 rings (SSSR count). The van der Waals surface area contributed by atoms with Crippen molar-refractivity contribution < 1.29 is 14.4 Å². The van der Waals surface area contributed by atoms with Gasteiger partial charge in [-0.3, -0.25) is 14.4 Å². The van der Waals surface area contributed by atoms with E-state index >= 15 is 0 Å². The van der Waals surface area contributed by atoms with E-state index in [1.54, 1.807) is 0 Å². The number of nitrogens with zero attached hydrogens (tertiary/aromatic N) is 1. The van der Waals surface area contributed by atoms with Crippen molar-refractivity contribution in [3.63, 3.8) is 0 Å². The van der Waals surface area contributed by atoms with Crippen LogP contribution in [-0.4, -0.2) is 73.5 Å². The van der Waals surface area contributed by atoms with Gasteiger partial charge in [0.2, 0.25) is 17.7 Å². The molecule has 59 heavy (non-hydrogen) atoms. The van der Waals surface area contributed by atoms with Crippen LogP contribution in [0.5, 0.6) is 0 Å². The molecule has 0 saturated carbocycles. The van der Waals surface area contributed by atoms with E-state index in [9.17, 15) is 14.4 Å². The third-order valence-corrected chi connectivity index (χ3v) is 12.1. The topological polar surface area (TPSA) is 103 Å². The van der Waals surface area contributed by atoms with Crippen LogP contribution in [-0.2, 0) is 14.4 Å². The Morgan fingerprint density at radius 3 is 0.966 bits per heavy atom. The van der Waals surface area contributed by atoms with Gasteiger partial charge in [-0.05, 0) is 59.5 Å². The molecule has 0 aromatic rings. The molecule has 3 atom stereocenters. The molecule has 4 N–H and O–H groups in total. The largest absolute Gasteiger partial charge is 0.354 e. The first-order valence-corrected chi connectivity index (χ1v) is 26.0. The summed E-state index contributed by atoms with van der Waals surface area (Å²) in [5.74, 6) is 0.334. The van der Waals surface area contributed by atoms with Crippen LogP contribution in [0.3, 0.4) is 0 Å². The van der Waals surface area contributed by atoms with Crippen LogP contribution in [0.4, 0.5) is 0 Å². The van der Waals surface area contributed by atoms with Gasteiger partial charge >= 0.3 is 0 Å². The summed E-state index contributed by atoms with van der Waals surface area (Å²) in [6.07, 6.45) is 40.9. The highest BCUT2D eigenvalue weighted by Crippen LogP contribution is 2.14. The van der Waals surface area contributed by atoms with Crippen molar-refractivity contribution in [3.05, 3.63) is 0 Å². The van der Waals surface area contributed by atoms with E-state index in [2.05, 4.69) is 67.7 Å². The Morgan fingerprint density at radius 1 is 0.356 bits per heavy atom. The molecule has 350 valence electrons. The van der Waals surface area contributed by atoms with Crippen molar-refractivity contribution in [1.82, 2.24) is 26.2 Å². The molecule has 0 aliphatic carbocycles. The van der Waals surface area contributed by atoms with Crippen LogP contribution in [0, 0.1) is 0 Å². The van der Waals surface area contributed by atoms with Gasteiger partial charge in [-0.15, -0.1) is 0 Å². The fourth-order valence-electron chi connectivity index (χ4n) is 8.15. The maximum Gasteiger partial charge on any atom is 0.221 e. The van der Waals surface area contributed by atoms with Crippen molar-refractivity contribution in [2.24, 2.45) is 0 Å². The standard InChI is InChI=1S/C51H103N5O3/c1-7-10-13-16-19-22-25-28-31-35-46(4)53-49(57)38-42-52-41-34-43-56(44-39-50(58)54-47(5)36-32-29-26-23-20-17-14-11-8-2)45-40-51(59)55-48(6)37-33-30-27-24-21-18-15-12-9-3/h46-48,52H,7-45H2,1-6H3,(H,53,57)(H,54,58)(H,55,59). The SMILES string of the molecule is CCCCCCCCCCCC(C)NC(=O)CCNCCCN(CCC(=O)NC(C)CCCCCCCCCCC)CCC(=O)NC(C)CCCCCCCCCCC. The van der Waals surface area contributed by atoms with Crippen molar-refractivity contribution in [3.8, 4) is 0 Å². The van der Waals surface area contributed by atoms with Gasteiger partial charge in [-0.1, -0.05) is 194 Å². The Hall–Kier alpha value is -1.67. The molecule has 3 amide bonds. The summed E-state index contributed by atoms with van der Waals surface area (Å²) >= 11 is 0. The molecule has 0 fully saturated rings. The van der Waals surface area contributed by atoms with Crippen LogP contribution in [0.15, 0.2) is 0 Å². The molecule has 0 aliphatic heterocycles. The smallest absolute Gasteiger partial charge is 0.221 e. The molecule has 0 saturated heterocycles. The summed E-state index contributed by atoms with van der Waals surface area (Å²) < 4.78 is 0. The molecule has 0 radical (unpaired) electrons. The maximum atomic E-state index is 13.0. The van der Waals surface area contributed by atoms with Crippen LogP contribution < -0.4 is 21.3 Å². The molecule has 0 bridgehead atoms. The predicted molar refractivity (Wildman–Crippen MR) is 256 cm³/mol. The predicted octanol–water partition coefficient (Wildman–Crippen LogP) is 12.7. The number of nitrogens with one attached hydrogen (secondary N) is 4. The molecule has 3 unspecified atom stereocenters. The van der Waals surface area contributed by atoms with E-state index < -0.39 is 0 Å². The van der Waals surface area contributed by atoms with Crippen LogP contribution >= 0.6 is 0 Å². The lowest BCUT2D eigenvalue weighted by Crippen LogP contribution is -2.39. The third-order valence-electron chi connectivity index (χ3n) is 12.1. The zero-order valence-corrected chi connectivity index (χ0v) is 40.5. The minimum atomic E-state index is 0.105. The first-order valence-electron chi connectivity index (χ1n) is 26.0. The van der Waals surface area contributed by atoms with Gasteiger partial charge in [0, 0.05) is 57.0 Å². The summed E-state index contributed by atoms with van der Waals surface area (Å²) in [4.78, 5) is 40.7. The second kappa shape index (κ2) is 44.4. The van der Waals surface area contributed by atoms with Crippen molar-refractivity contribution in [1.29, 1.82) is 0 Å². The number of carbonyl (C=O) groups is 3. The fraction of sp³-hybridized carbons (Fsp3) is 0.941. The second-order valence-electron chi connectivity index (χ2n) is 18.5. The molecular weight excluding hydrogens is 731 g/mol. The first kappa shape index (κ1) is 57.3. The number of hydrogen-bond acceptors (Lipinski definition) is 5. The Kier molecular flexibility index (Phi) is 43.1. The maximum absolute atomic E-state index is 13.0. The summed E-state index contributed by atoms with van der Waals surface area (Å²) in [6, 6.07) is 0.613. The molecule has 0 aromatic carbocycles. The van der Waals surface area contributed by atoms with Crippen LogP contribution in [0.25, 0.3) is 0 Å². The van der Waals surface area contributed by atoms with E-state index in [0.717, 1.165) is 38.8 Å². The highest BCUT2D eigenvalue weighted by atomic mass is 16.2. The van der Waals surface area contributed by atoms with Crippen LogP contribution in [0.1, 0.15) is 260 Å². The summed E-state index contributed by atoms with van der Waals surface area (Å²) in [5, 5.41) is 13.1. The van der Waals surface area contributed by atoms with Gasteiger partial charge in [-0.25, -0.2) is 0 Å². The van der Waals surface area contributed by atoms with Gasteiger partial charge in [0.1, 0.15) is 0 Å². The number of hydrogen-bond donors (Lipinski definition) is 4. The van der Waals surface area contributed by atoms with Gasteiger partial charge in [0.25, 0.3) is 0 Å². The number of rotatable bonds is 46. The fourth-order valence-corrected chi connectivity index (χ4v) is 8.15. The zero-order valence-electron chi connectivity index (χ0n) is 40.5. The molecule has 8 nitrogen and oxygen atoms in total. The van der Waals surface area contributed by atoms with Crippen molar-refractivity contribution in [2.75, 3.05) is 32.7 Å². The average molecular weight is 834 g/mol. The van der Waals surface area contributed by atoms with Gasteiger partial charge in [0.05, 0.1) is 0 Å². The highest BCUT2D eigenvalue weighted by Gasteiger charge is 2.14. The van der Waals surface area contributed by atoms with E-state index in [1.807, 2.05) is 0 Å². The van der Waals surface area contributed by atoms with E-state index in [-0.39, 0.29) is 35.8 Å². The van der Waals surface area contributed by atoms with E-state index in [1.165, 1.54) is 173 Å². The third kappa shape index (κ3) is 42.8. The number of unbranched alkanes of at least 4 members (excludes halogenated alkanes) is 24. The van der Waals surface area contributed by atoms with Gasteiger partial charge < -0.3 is 26.2 Å². The minimum absolute atomic E-state index is 0.105. The van der Waals surface area contributed by atoms with E-state index in [4.69, 9.17) is 0 Å². The normalized spacial score (nSPS) is 13.1. The van der Waals surface area contributed by atoms with Crippen molar-refractivity contribution >= 4 is 17.7 Å². The molecule has 0 aliphatic rings. The minimum Gasteiger partial charge on any atom is -0.354 e. The Morgan fingerprint density at radius 2 is 0.644 bits per heavy atom. The quantitative estimate of drug-likeness (QED) is 0.0458. The molecule has 0 heterocycles.